The van der Waals surface area contributed by atoms with Crippen LogP contribution < -0.4 is 10.1 Å². The molecular formula is C19H20FNO3. The van der Waals surface area contributed by atoms with Gasteiger partial charge in [-0.2, -0.15) is 0 Å². The number of aliphatic hydroxyl groups excluding tert-OH is 1. The molecule has 0 bridgehead atoms. The van der Waals surface area contributed by atoms with Crippen LogP contribution in [-0.4, -0.2) is 24.7 Å². The van der Waals surface area contributed by atoms with Crippen molar-refractivity contribution in [3.63, 3.8) is 0 Å². The fraction of sp³-hybridized carbons (Fsp3) is 0.316. The highest BCUT2D eigenvalue weighted by molar-refractivity contribution is 5.91. The SMILES string of the molecule is COc1ccc(C(O)CNC(=O)C2(c3ccc(F)cc3)CC2)cc1. The van der Waals surface area contributed by atoms with Gasteiger partial charge in [0.05, 0.1) is 18.6 Å². The van der Waals surface area contributed by atoms with Gasteiger partial charge in [-0.25, -0.2) is 4.39 Å². The van der Waals surface area contributed by atoms with E-state index in [-0.39, 0.29) is 18.3 Å². The van der Waals surface area contributed by atoms with Crippen molar-refractivity contribution in [3.05, 3.63) is 65.5 Å². The van der Waals surface area contributed by atoms with Gasteiger partial charge >= 0.3 is 0 Å². The normalized spacial score (nSPS) is 16.3. The lowest BCUT2D eigenvalue weighted by Crippen LogP contribution is -2.37. The molecule has 0 saturated heterocycles. The van der Waals surface area contributed by atoms with Crippen LogP contribution in [0.4, 0.5) is 4.39 Å². The smallest absolute Gasteiger partial charge is 0.230 e. The number of rotatable bonds is 6. The Kier molecular flexibility index (Phi) is 4.53. The Morgan fingerprint density at radius 3 is 2.38 bits per heavy atom. The molecule has 126 valence electrons. The molecular weight excluding hydrogens is 309 g/mol. The van der Waals surface area contributed by atoms with Gasteiger partial charge in [0.1, 0.15) is 11.6 Å². The third kappa shape index (κ3) is 3.26. The number of methoxy groups -OCH3 is 1. The Morgan fingerprint density at radius 1 is 1.21 bits per heavy atom. The molecule has 0 spiro atoms. The molecule has 2 aromatic carbocycles. The predicted octanol–water partition coefficient (Wildman–Crippen LogP) is 2.72. The Hall–Kier alpha value is -2.40. The van der Waals surface area contributed by atoms with E-state index in [4.69, 9.17) is 4.74 Å². The molecule has 1 fully saturated rings. The minimum Gasteiger partial charge on any atom is -0.497 e. The fourth-order valence-electron chi connectivity index (χ4n) is 2.84. The van der Waals surface area contributed by atoms with Crippen LogP contribution in [0.1, 0.15) is 30.1 Å². The van der Waals surface area contributed by atoms with Crippen molar-refractivity contribution in [1.29, 1.82) is 0 Å². The minimum absolute atomic E-state index is 0.123. The van der Waals surface area contributed by atoms with Crippen molar-refractivity contribution < 1.29 is 19.0 Å². The first-order chi connectivity index (χ1) is 11.5. The van der Waals surface area contributed by atoms with Crippen LogP contribution in [0, 0.1) is 5.82 Å². The van der Waals surface area contributed by atoms with Crippen LogP contribution in [0.15, 0.2) is 48.5 Å². The number of amides is 1. The summed E-state index contributed by atoms with van der Waals surface area (Å²) in [6, 6.07) is 13.1. The lowest BCUT2D eigenvalue weighted by Gasteiger charge is -2.18. The second-order valence-electron chi connectivity index (χ2n) is 6.09. The van der Waals surface area contributed by atoms with Gasteiger partial charge in [0, 0.05) is 6.54 Å². The van der Waals surface area contributed by atoms with Gasteiger partial charge in [0.2, 0.25) is 5.91 Å². The maximum atomic E-state index is 13.0. The lowest BCUT2D eigenvalue weighted by atomic mass is 9.95. The van der Waals surface area contributed by atoms with E-state index in [0.29, 0.717) is 11.3 Å². The quantitative estimate of drug-likeness (QED) is 0.857. The van der Waals surface area contributed by atoms with Crippen molar-refractivity contribution >= 4 is 5.91 Å². The monoisotopic (exact) mass is 329 g/mol. The van der Waals surface area contributed by atoms with E-state index in [1.54, 1.807) is 43.5 Å². The summed E-state index contributed by atoms with van der Waals surface area (Å²) in [6.45, 7) is 0.133. The van der Waals surface area contributed by atoms with Crippen LogP contribution >= 0.6 is 0 Å². The van der Waals surface area contributed by atoms with Crippen LogP contribution in [0.2, 0.25) is 0 Å². The number of halogens is 1. The van der Waals surface area contributed by atoms with Crippen molar-refractivity contribution in [2.75, 3.05) is 13.7 Å². The molecule has 0 heterocycles. The van der Waals surface area contributed by atoms with Gasteiger partial charge < -0.3 is 15.2 Å². The van der Waals surface area contributed by atoms with Gasteiger partial charge in [0.15, 0.2) is 0 Å². The van der Waals surface area contributed by atoms with E-state index in [1.807, 2.05) is 0 Å². The summed E-state index contributed by atoms with van der Waals surface area (Å²) >= 11 is 0. The van der Waals surface area contributed by atoms with Crippen molar-refractivity contribution in [3.8, 4) is 5.75 Å². The maximum Gasteiger partial charge on any atom is 0.230 e. The van der Waals surface area contributed by atoms with Crippen LogP contribution in [0.25, 0.3) is 0 Å². The zero-order valence-corrected chi connectivity index (χ0v) is 13.5. The third-order valence-electron chi connectivity index (χ3n) is 4.54. The Labute approximate surface area is 140 Å². The highest BCUT2D eigenvalue weighted by Crippen LogP contribution is 2.48. The van der Waals surface area contributed by atoms with Gasteiger partial charge in [-0.1, -0.05) is 24.3 Å². The summed E-state index contributed by atoms with van der Waals surface area (Å²) in [5.41, 5.74) is 0.955. The zero-order valence-electron chi connectivity index (χ0n) is 13.5. The largest absolute Gasteiger partial charge is 0.497 e. The topological polar surface area (TPSA) is 58.6 Å². The molecule has 0 aromatic heterocycles. The van der Waals surface area contributed by atoms with Crippen molar-refractivity contribution in [2.45, 2.75) is 24.4 Å². The number of benzene rings is 2. The molecule has 1 aliphatic rings. The summed E-state index contributed by atoms with van der Waals surface area (Å²) < 4.78 is 18.1. The zero-order chi connectivity index (χ0) is 17.2. The third-order valence-corrected chi connectivity index (χ3v) is 4.54. The van der Waals surface area contributed by atoms with E-state index in [1.165, 1.54) is 12.1 Å². The number of ether oxygens (including phenoxy) is 1. The minimum atomic E-state index is -0.788. The first-order valence-electron chi connectivity index (χ1n) is 7.91. The lowest BCUT2D eigenvalue weighted by molar-refractivity contribution is -0.124. The number of aliphatic hydroxyl groups is 1. The second-order valence-corrected chi connectivity index (χ2v) is 6.09. The fourth-order valence-corrected chi connectivity index (χ4v) is 2.84. The van der Waals surface area contributed by atoms with Gasteiger partial charge in [-0.15, -0.1) is 0 Å². The predicted molar refractivity (Wildman–Crippen MR) is 88.3 cm³/mol. The first-order valence-corrected chi connectivity index (χ1v) is 7.91. The molecule has 1 atom stereocenters. The summed E-state index contributed by atoms with van der Waals surface area (Å²) in [6.07, 6.45) is 0.690. The summed E-state index contributed by atoms with van der Waals surface area (Å²) in [5.74, 6) is 0.273. The average Bonchev–Trinajstić information content (AvgIpc) is 3.42. The summed E-state index contributed by atoms with van der Waals surface area (Å²) in [7, 11) is 1.58. The summed E-state index contributed by atoms with van der Waals surface area (Å²) in [5, 5.41) is 13.0. The summed E-state index contributed by atoms with van der Waals surface area (Å²) in [4.78, 5) is 12.5. The average molecular weight is 329 g/mol. The molecule has 2 N–H and O–H groups in total. The number of carbonyl (C=O) groups excluding carboxylic acids is 1. The van der Waals surface area contributed by atoms with Gasteiger partial charge in [0.25, 0.3) is 0 Å². The second kappa shape index (κ2) is 6.61. The van der Waals surface area contributed by atoms with E-state index >= 15 is 0 Å². The number of hydrogen-bond donors (Lipinski definition) is 2. The Morgan fingerprint density at radius 2 is 1.83 bits per heavy atom. The molecule has 4 nitrogen and oxygen atoms in total. The van der Waals surface area contributed by atoms with Gasteiger partial charge in [-0.05, 0) is 48.2 Å². The van der Waals surface area contributed by atoms with Gasteiger partial charge in [-0.3, -0.25) is 4.79 Å². The molecule has 5 heteroatoms. The van der Waals surface area contributed by atoms with E-state index in [2.05, 4.69) is 5.32 Å². The van der Waals surface area contributed by atoms with E-state index in [0.717, 1.165) is 18.4 Å². The molecule has 1 amide bonds. The van der Waals surface area contributed by atoms with E-state index in [9.17, 15) is 14.3 Å². The molecule has 0 aliphatic heterocycles. The number of nitrogens with one attached hydrogen (secondary N) is 1. The van der Waals surface area contributed by atoms with Crippen molar-refractivity contribution in [1.82, 2.24) is 5.32 Å². The Balaban J connectivity index is 1.61. The molecule has 2 aromatic rings. The molecule has 1 saturated carbocycles. The molecule has 0 radical (unpaired) electrons. The standard InChI is InChI=1S/C19H20FNO3/c1-24-16-8-2-13(3-9-16)17(22)12-21-18(23)19(10-11-19)14-4-6-15(20)7-5-14/h2-9,17,22H,10-12H2,1H3,(H,21,23). The first kappa shape index (κ1) is 16.5. The van der Waals surface area contributed by atoms with Crippen LogP contribution in [0.3, 0.4) is 0 Å². The highest BCUT2D eigenvalue weighted by atomic mass is 19.1. The molecule has 3 rings (SSSR count). The number of carbonyl (C=O) groups is 1. The van der Waals surface area contributed by atoms with Crippen LogP contribution in [0.5, 0.6) is 5.75 Å². The molecule has 1 unspecified atom stereocenters. The Bertz CT molecular complexity index is 708. The van der Waals surface area contributed by atoms with Crippen LogP contribution in [-0.2, 0) is 10.2 Å². The molecule has 24 heavy (non-hydrogen) atoms. The van der Waals surface area contributed by atoms with E-state index < -0.39 is 11.5 Å². The molecule has 1 aliphatic carbocycles. The van der Waals surface area contributed by atoms with Crippen molar-refractivity contribution in [2.24, 2.45) is 0 Å². The highest BCUT2D eigenvalue weighted by Gasteiger charge is 2.51. The number of hydrogen-bond acceptors (Lipinski definition) is 3. The maximum absolute atomic E-state index is 13.0.